The Kier molecular flexibility index (Phi) is 8.95. The van der Waals surface area contributed by atoms with Crippen molar-refractivity contribution in [1.29, 1.82) is 0 Å². The lowest BCUT2D eigenvalue weighted by Gasteiger charge is -2.21. The highest BCUT2D eigenvalue weighted by molar-refractivity contribution is 5.90. The van der Waals surface area contributed by atoms with Crippen LogP contribution < -0.4 is 15.4 Å². The number of carbonyl (C=O) groups is 3. The number of hydrogen-bond donors (Lipinski definition) is 3. The van der Waals surface area contributed by atoms with E-state index in [0.29, 0.717) is 23.5 Å². The second kappa shape index (κ2) is 12.3. The van der Waals surface area contributed by atoms with Crippen molar-refractivity contribution in [2.45, 2.75) is 38.5 Å². The number of carbonyl (C=O) groups excluding carboxylic acids is 2. The molecule has 182 valence electrons. The molecule has 8 heteroatoms. The summed E-state index contributed by atoms with van der Waals surface area (Å²) in [5, 5.41) is 14.8. The van der Waals surface area contributed by atoms with Crippen LogP contribution >= 0.6 is 0 Å². The van der Waals surface area contributed by atoms with Gasteiger partial charge in [-0.3, -0.25) is 9.59 Å². The van der Waals surface area contributed by atoms with Crippen LogP contribution in [0.1, 0.15) is 23.6 Å². The van der Waals surface area contributed by atoms with Crippen molar-refractivity contribution < 1.29 is 28.6 Å². The Balaban J connectivity index is 1.66. The van der Waals surface area contributed by atoms with Gasteiger partial charge in [-0.05, 0) is 41.0 Å². The normalized spacial score (nSPS) is 12.3. The van der Waals surface area contributed by atoms with Crippen molar-refractivity contribution >= 4 is 17.8 Å². The summed E-state index contributed by atoms with van der Waals surface area (Å²) in [6.07, 6.45) is 0.105. The number of aliphatic carboxylic acids is 1. The smallest absolute Gasteiger partial charge is 0.326 e. The molecule has 0 bridgehead atoms. The molecule has 0 aliphatic rings. The number of benzene rings is 3. The molecule has 0 heterocycles. The molecule has 3 rings (SSSR count). The molecular weight excluding hydrogens is 451 g/mol. The predicted molar refractivity (Wildman–Crippen MR) is 128 cm³/mol. The minimum absolute atomic E-state index is 0.0208. The maximum Gasteiger partial charge on any atom is 0.326 e. The van der Waals surface area contributed by atoms with Crippen molar-refractivity contribution in [2.24, 2.45) is 0 Å². The van der Waals surface area contributed by atoms with Crippen LogP contribution in [0.15, 0.2) is 78.9 Å². The molecule has 0 unspecified atom stereocenters. The van der Waals surface area contributed by atoms with E-state index in [-0.39, 0.29) is 12.8 Å². The van der Waals surface area contributed by atoms with Crippen molar-refractivity contribution in [3.05, 3.63) is 101 Å². The lowest BCUT2D eigenvalue weighted by Crippen LogP contribution is -2.52. The Bertz CT molecular complexity index is 1150. The van der Waals surface area contributed by atoms with Crippen LogP contribution in [0.3, 0.4) is 0 Å². The zero-order chi connectivity index (χ0) is 25.2. The second-order valence-corrected chi connectivity index (χ2v) is 8.11. The van der Waals surface area contributed by atoms with Gasteiger partial charge in [0, 0.05) is 19.8 Å². The van der Waals surface area contributed by atoms with E-state index in [1.165, 1.54) is 31.2 Å². The van der Waals surface area contributed by atoms with E-state index in [1.807, 2.05) is 30.3 Å². The van der Waals surface area contributed by atoms with E-state index >= 15 is 0 Å². The fourth-order valence-electron chi connectivity index (χ4n) is 3.52. The first-order valence-corrected chi connectivity index (χ1v) is 11.1. The van der Waals surface area contributed by atoms with E-state index in [0.717, 1.165) is 5.56 Å². The molecule has 0 radical (unpaired) electrons. The predicted octanol–water partition coefficient (Wildman–Crippen LogP) is 3.26. The van der Waals surface area contributed by atoms with Gasteiger partial charge < -0.3 is 20.5 Å². The highest BCUT2D eigenvalue weighted by Crippen LogP contribution is 2.17. The standard InChI is InChI=1S/C27H27FN2O5/c1-18(31)29-24(15-19-10-12-22(28)13-11-19)26(32)30-25(27(33)34)16-21-8-5-9-23(14-21)35-17-20-6-3-2-4-7-20/h2-14,24-25H,15-17H2,1H3,(H,29,31)(H,30,32)(H,33,34)/t24-,25+/m1/s1. The molecule has 3 aromatic rings. The van der Waals surface area contributed by atoms with Crippen LogP contribution in [0.25, 0.3) is 0 Å². The molecule has 0 spiro atoms. The topological polar surface area (TPSA) is 105 Å². The summed E-state index contributed by atoms with van der Waals surface area (Å²) in [5.74, 6) is -2.14. The lowest BCUT2D eigenvalue weighted by atomic mass is 10.0. The van der Waals surface area contributed by atoms with Crippen molar-refractivity contribution in [2.75, 3.05) is 0 Å². The Labute approximate surface area is 202 Å². The van der Waals surface area contributed by atoms with E-state index in [4.69, 9.17) is 4.74 Å². The number of carboxylic acid groups (broad SMARTS) is 1. The van der Waals surface area contributed by atoms with Gasteiger partial charge in [-0.2, -0.15) is 0 Å². The summed E-state index contributed by atoms with van der Waals surface area (Å²) in [6.45, 7) is 1.63. The maximum atomic E-state index is 13.2. The van der Waals surface area contributed by atoms with Gasteiger partial charge in [-0.25, -0.2) is 9.18 Å². The Morgan fingerprint density at radius 3 is 2.14 bits per heavy atom. The summed E-state index contributed by atoms with van der Waals surface area (Å²) < 4.78 is 19.0. The molecule has 3 N–H and O–H groups in total. The summed E-state index contributed by atoms with van der Waals surface area (Å²) >= 11 is 0. The monoisotopic (exact) mass is 478 g/mol. The Hall–Kier alpha value is -4.20. The average molecular weight is 479 g/mol. The number of ether oxygens (including phenoxy) is 1. The third kappa shape index (κ3) is 8.26. The van der Waals surface area contributed by atoms with Gasteiger partial charge in [0.25, 0.3) is 0 Å². The van der Waals surface area contributed by atoms with E-state index in [2.05, 4.69) is 10.6 Å². The van der Waals surface area contributed by atoms with Crippen LogP contribution in [-0.4, -0.2) is 35.0 Å². The van der Waals surface area contributed by atoms with Gasteiger partial charge in [0.2, 0.25) is 11.8 Å². The molecule has 3 aromatic carbocycles. The van der Waals surface area contributed by atoms with Crippen molar-refractivity contribution in [3.63, 3.8) is 0 Å². The molecule has 7 nitrogen and oxygen atoms in total. The van der Waals surface area contributed by atoms with Crippen LogP contribution in [-0.2, 0) is 33.8 Å². The van der Waals surface area contributed by atoms with Crippen LogP contribution in [0.4, 0.5) is 4.39 Å². The minimum Gasteiger partial charge on any atom is -0.489 e. The molecule has 0 aliphatic carbocycles. The fraction of sp³-hybridized carbons (Fsp3) is 0.222. The van der Waals surface area contributed by atoms with Gasteiger partial charge in [0.15, 0.2) is 0 Å². The number of carboxylic acids is 1. The van der Waals surface area contributed by atoms with Gasteiger partial charge in [0.1, 0.15) is 30.3 Å². The summed E-state index contributed by atoms with van der Waals surface area (Å²) in [5.41, 5.74) is 2.28. The highest BCUT2D eigenvalue weighted by Gasteiger charge is 2.26. The lowest BCUT2D eigenvalue weighted by molar-refractivity contribution is -0.142. The summed E-state index contributed by atoms with van der Waals surface area (Å²) in [7, 11) is 0. The third-order valence-electron chi connectivity index (χ3n) is 5.25. The third-order valence-corrected chi connectivity index (χ3v) is 5.25. The molecule has 0 aliphatic heterocycles. The van der Waals surface area contributed by atoms with Gasteiger partial charge >= 0.3 is 5.97 Å². The summed E-state index contributed by atoms with van der Waals surface area (Å²) in [4.78, 5) is 36.4. The molecular formula is C27H27FN2O5. The van der Waals surface area contributed by atoms with Crippen LogP contribution in [0.5, 0.6) is 5.75 Å². The molecule has 0 fully saturated rings. The molecule has 2 atom stereocenters. The van der Waals surface area contributed by atoms with Gasteiger partial charge in [-0.15, -0.1) is 0 Å². The molecule has 35 heavy (non-hydrogen) atoms. The van der Waals surface area contributed by atoms with Gasteiger partial charge in [-0.1, -0.05) is 54.6 Å². The molecule has 2 amide bonds. The Morgan fingerprint density at radius 1 is 0.829 bits per heavy atom. The van der Waals surface area contributed by atoms with E-state index < -0.39 is 35.7 Å². The number of hydrogen-bond acceptors (Lipinski definition) is 4. The number of rotatable bonds is 11. The first-order valence-electron chi connectivity index (χ1n) is 11.1. The van der Waals surface area contributed by atoms with Crippen LogP contribution in [0.2, 0.25) is 0 Å². The van der Waals surface area contributed by atoms with Gasteiger partial charge in [0.05, 0.1) is 0 Å². The first kappa shape index (κ1) is 25.4. The second-order valence-electron chi connectivity index (χ2n) is 8.11. The van der Waals surface area contributed by atoms with E-state index in [1.54, 1.807) is 24.3 Å². The molecule has 0 saturated heterocycles. The largest absolute Gasteiger partial charge is 0.489 e. The zero-order valence-corrected chi connectivity index (χ0v) is 19.2. The maximum absolute atomic E-state index is 13.2. The van der Waals surface area contributed by atoms with E-state index in [9.17, 15) is 23.9 Å². The SMILES string of the molecule is CC(=O)N[C@H](Cc1ccc(F)cc1)C(=O)N[C@@H](Cc1cccc(OCc2ccccc2)c1)C(=O)O. The minimum atomic E-state index is -1.23. The van der Waals surface area contributed by atoms with Crippen LogP contribution in [0, 0.1) is 5.82 Å². The quantitative estimate of drug-likeness (QED) is 0.392. The van der Waals surface area contributed by atoms with Crippen molar-refractivity contribution in [3.8, 4) is 5.75 Å². The average Bonchev–Trinajstić information content (AvgIpc) is 2.84. The first-order chi connectivity index (χ1) is 16.8. The zero-order valence-electron chi connectivity index (χ0n) is 19.2. The Morgan fingerprint density at radius 2 is 1.49 bits per heavy atom. The highest BCUT2D eigenvalue weighted by atomic mass is 19.1. The van der Waals surface area contributed by atoms with Crippen molar-refractivity contribution in [1.82, 2.24) is 10.6 Å². The fourth-order valence-corrected chi connectivity index (χ4v) is 3.52. The number of halogens is 1. The number of amides is 2. The number of nitrogens with one attached hydrogen (secondary N) is 2. The summed E-state index contributed by atoms with van der Waals surface area (Å²) in [6, 6.07) is 19.9. The molecule has 0 aromatic heterocycles. The molecule has 0 saturated carbocycles.